The fourth-order valence-electron chi connectivity index (χ4n) is 3.22. The first-order valence-corrected chi connectivity index (χ1v) is 8.03. The first kappa shape index (κ1) is 15.2. The van der Waals surface area contributed by atoms with Crippen molar-refractivity contribution in [2.75, 3.05) is 6.54 Å². The van der Waals surface area contributed by atoms with Gasteiger partial charge in [0.25, 0.3) is 0 Å². The molecule has 1 aliphatic carbocycles. The molecule has 2 rings (SSSR count). The van der Waals surface area contributed by atoms with E-state index in [4.69, 9.17) is 23.2 Å². The molecule has 3 heteroatoms. The molecule has 1 aliphatic rings. The van der Waals surface area contributed by atoms with Crippen LogP contribution in [0.3, 0.4) is 0 Å². The zero-order valence-corrected chi connectivity index (χ0v) is 13.3. The maximum Gasteiger partial charge on any atom is 0.0452 e. The van der Waals surface area contributed by atoms with Crippen LogP contribution in [0.25, 0.3) is 0 Å². The third-order valence-electron chi connectivity index (χ3n) is 4.21. The van der Waals surface area contributed by atoms with Crippen LogP contribution in [0.2, 0.25) is 10.0 Å². The van der Waals surface area contributed by atoms with Crippen molar-refractivity contribution >= 4 is 23.2 Å². The summed E-state index contributed by atoms with van der Waals surface area (Å²) in [5.41, 5.74) is 1.23. The molecule has 0 aromatic heterocycles. The number of benzene rings is 1. The number of halogens is 2. The molecule has 1 saturated carbocycles. The minimum Gasteiger partial charge on any atom is -0.314 e. The number of hydrogen-bond donors (Lipinski definition) is 1. The van der Waals surface area contributed by atoms with Crippen molar-refractivity contribution in [3.8, 4) is 0 Å². The predicted molar refractivity (Wildman–Crippen MR) is 84.1 cm³/mol. The van der Waals surface area contributed by atoms with Crippen LogP contribution in [0, 0.1) is 11.8 Å². The lowest BCUT2D eigenvalue weighted by Crippen LogP contribution is -2.41. The van der Waals surface area contributed by atoms with Gasteiger partial charge >= 0.3 is 0 Å². The van der Waals surface area contributed by atoms with E-state index in [0.717, 1.165) is 23.9 Å². The standard InChI is InChI=1S/C16H23Cl2N/c1-3-19-16-7-4-11(2)8-13(16)9-12-5-6-14(17)10-15(12)18/h5-6,10-11,13,16,19H,3-4,7-9H2,1-2H3. The van der Waals surface area contributed by atoms with E-state index >= 15 is 0 Å². The molecule has 106 valence electrons. The van der Waals surface area contributed by atoms with E-state index in [0.29, 0.717) is 17.0 Å². The summed E-state index contributed by atoms with van der Waals surface area (Å²) in [6, 6.07) is 6.50. The second-order valence-corrected chi connectivity index (χ2v) is 6.63. The molecule has 1 aromatic carbocycles. The highest BCUT2D eigenvalue weighted by molar-refractivity contribution is 6.35. The first-order chi connectivity index (χ1) is 9.10. The van der Waals surface area contributed by atoms with Crippen LogP contribution in [0.4, 0.5) is 0 Å². The maximum absolute atomic E-state index is 6.31. The highest BCUT2D eigenvalue weighted by atomic mass is 35.5. The molecule has 0 radical (unpaired) electrons. The lowest BCUT2D eigenvalue weighted by Gasteiger charge is -2.35. The van der Waals surface area contributed by atoms with Gasteiger partial charge in [-0.25, -0.2) is 0 Å². The van der Waals surface area contributed by atoms with Crippen LogP contribution >= 0.6 is 23.2 Å². The maximum atomic E-state index is 6.31. The van der Waals surface area contributed by atoms with Gasteiger partial charge in [-0.05, 0) is 61.8 Å². The van der Waals surface area contributed by atoms with E-state index in [1.165, 1.54) is 24.8 Å². The van der Waals surface area contributed by atoms with Crippen molar-refractivity contribution in [3.63, 3.8) is 0 Å². The van der Waals surface area contributed by atoms with Gasteiger partial charge in [-0.2, -0.15) is 0 Å². The minimum absolute atomic E-state index is 0.632. The molecule has 1 nitrogen and oxygen atoms in total. The lowest BCUT2D eigenvalue weighted by atomic mass is 9.76. The van der Waals surface area contributed by atoms with Crippen molar-refractivity contribution in [2.24, 2.45) is 11.8 Å². The van der Waals surface area contributed by atoms with E-state index in [1.807, 2.05) is 12.1 Å². The second kappa shape index (κ2) is 6.97. The number of rotatable bonds is 4. The van der Waals surface area contributed by atoms with E-state index in [9.17, 15) is 0 Å². The zero-order chi connectivity index (χ0) is 13.8. The first-order valence-electron chi connectivity index (χ1n) is 7.27. The average Bonchev–Trinajstić information content (AvgIpc) is 2.36. The molecule has 0 bridgehead atoms. The van der Waals surface area contributed by atoms with Gasteiger partial charge in [-0.1, -0.05) is 43.1 Å². The van der Waals surface area contributed by atoms with E-state index in [1.54, 1.807) is 0 Å². The monoisotopic (exact) mass is 299 g/mol. The van der Waals surface area contributed by atoms with Gasteiger partial charge in [-0.3, -0.25) is 0 Å². The fourth-order valence-corrected chi connectivity index (χ4v) is 3.71. The Morgan fingerprint density at radius 2 is 2.05 bits per heavy atom. The predicted octanol–water partition coefficient (Wildman–Crippen LogP) is 4.95. The molecule has 1 N–H and O–H groups in total. The highest BCUT2D eigenvalue weighted by Gasteiger charge is 2.28. The molecule has 1 fully saturated rings. The Bertz CT molecular complexity index is 419. The Morgan fingerprint density at radius 1 is 1.26 bits per heavy atom. The molecule has 3 atom stereocenters. The van der Waals surface area contributed by atoms with E-state index in [2.05, 4.69) is 25.2 Å². The summed E-state index contributed by atoms with van der Waals surface area (Å²) in [7, 11) is 0. The summed E-state index contributed by atoms with van der Waals surface area (Å²) >= 11 is 12.3. The second-order valence-electron chi connectivity index (χ2n) is 5.78. The fraction of sp³-hybridized carbons (Fsp3) is 0.625. The van der Waals surface area contributed by atoms with Crippen LogP contribution in [0.5, 0.6) is 0 Å². The summed E-state index contributed by atoms with van der Waals surface area (Å²) in [5.74, 6) is 1.51. The quantitative estimate of drug-likeness (QED) is 0.829. The molecule has 3 unspecified atom stereocenters. The molecular formula is C16H23Cl2N. The highest BCUT2D eigenvalue weighted by Crippen LogP contribution is 2.33. The van der Waals surface area contributed by atoms with Crippen molar-refractivity contribution in [2.45, 2.75) is 45.6 Å². The van der Waals surface area contributed by atoms with Crippen molar-refractivity contribution in [3.05, 3.63) is 33.8 Å². The molecule has 19 heavy (non-hydrogen) atoms. The minimum atomic E-state index is 0.632. The van der Waals surface area contributed by atoms with Gasteiger partial charge in [0.15, 0.2) is 0 Å². The van der Waals surface area contributed by atoms with Crippen molar-refractivity contribution in [1.29, 1.82) is 0 Å². The van der Waals surface area contributed by atoms with Gasteiger partial charge in [0.2, 0.25) is 0 Å². The SMILES string of the molecule is CCNC1CCC(C)CC1Cc1ccc(Cl)cc1Cl. The van der Waals surface area contributed by atoms with Crippen LogP contribution in [-0.2, 0) is 6.42 Å². The van der Waals surface area contributed by atoms with Gasteiger partial charge < -0.3 is 5.32 Å². The van der Waals surface area contributed by atoms with E-state index < -0.39 is 0 Å². The summed E-state index contributed by atoms with van der Waals surface area (Å²) < 4.78 is 0. The molecule has 0 amide bonds. The van der Waals surface area contributed by atoms with E-state index in [-0.39, 0.29) is 0 Å². The normalized spacial score (nSPS) is 27.5. The summed E-state index contributed by atoms with van der Waals surface area (Å²) in [6.45, 7) is 5.59. The molecule has 0 aliphatic heterocycles. The largest absolute Gasteiger partial charge is 0.314 e. The van der Waals surface area contributed by atoms with Crippen LogP contribution in [0.1, 0.15) is 38.7 Å². The Labute approximate surface area is 126 Å². The number of nitrogens with one attached hydrogen (secondary N) is 1. The summed E-state index contributed by atoms with van der Waals surface area (Å²) in [4.78, 5) is 0. The molecule has 0 heterocycles. The smallest absolute Gasteiger partial charge is 0.0452 e. The topological polar surface area (TPSA) is 12.0 Å². The average molecular weight is 300 g/mol. The number of hydrogen-bond acceptors (Lipinski definition) is 1. The molecular weight excluding hydrogens is 277 g/mol. The van der Waals surface area contributed by atoms with Crippen LogP contribution in [0.15, 0.2) is 18.2 Å². The van der Waals surface area contributed by atoms with Gasteiger partial charge in [0, 0.05) is 16.1 Å². The Balaban J connectivity index is 2.09. The Kier molecular flexibility index (Phi) is 5.56. The molecule has 1 aromatic rings. The van der Waals surface area contributed by atoms with Crippen LogP contribution < -0.4 is 5.32 Å². The van der Waals surface area contributed by atoms with Crippen LogP contribution in [-0.4, -0.2) is 12.6 Å². The van der Waals surface area contributed by atoms with Crippen molar-refractivity contribution in [1.82, 2.24) is 5.32 Å². The summed E-state index contributed by atoms with van der Waals surface area (Å²) in [6.07, 6.45) is 4.96. The van der Waals surface area contributed by atoms with Gasteiger partial charge in [-0.15, -0.1) is 0 Å². The third kappa shape index (κ3) is 4.11. The van der Waals surface area contributed by atoms with Gasteiger partial charge in [0.1, 0.15) is 0 Å². The van der Waals surface area contributed by atoms with Crippen molar-refractivity contribution < 1.29 is 0 Å². The lowest BCUT2D eigenvalue weighted by molar-refractivity contribution is 0.214. The third-order valence-corrected chi connectivity index (χ3v) is 4.80. The zero-order valence-electron chi connectivity index (χ0n) is 11.8. The Hall–Kier alpha value is -0.240. The molecule has 0 spiro atoms. The molecule has 0 saturated heterocycles. The summed E-state index contributed by atoms with van der Waals surface area (Å²) in [5, 5.41) is 5.16. The Morgan fingerprint density at radius 3 is 2.74 bits per heavy atom. The van der Waals surface area contributed by atoms with Gasteiger partial charge in [0.05, 0.1) is 0 Å².